The highest BCUT2D eigenvalue weighted by molar-refractivity contribution is 7.15. The van der Waals surface area contributed by atoms with Crippen molar-refractivity contribution in [2.75, 3.05) is 26.7 Å². The van der Waals surface area contributed by atoms with E-state index >= 15 is 0 Å². The minimum absolute atomic E-state index is 0.0914. The van der Waals surface area contributed by atoms with E-state index in [0.29, 0.717) is 12.4 Å². The highest BCUT2D eigenvalue weighted by atomic mass is 32.1. The van der Waals surface area contributed by atoms with E-state index < -0.39 is 6.04 Å². The van der Waals surface area contributed by atoms with E-state index in [1.165, 1.54) is 9.78 Å². The number of thiophene rings is 1. The quantitative estimate of drug-likeness (QED) is 0.549. The molecule has 1 amide bonds. The van der Waals surface area contributed by atoms with Gasteiger partial charge in [0.1, 0.15) is 16.9 Å². The van der Waals surface area contributed by atoms with Crippen molar-refractivity contribution in [1.82, 2.24) is 19.7 Å². The lowest BCUT2D eigenvalue weighted by Gasteiger charge is -2.18. The molecule has 0 fully saturated rings. The monoisotopic (exact) mass is 476 g/mol. The largest absolute Gasteiger partial charge is 0.395 e. The number of aliphatic hydroxyl groups excluding tert-OH is 1. The standard InChI is InChI=1S/C25H28N6O2S/c1-15-16(2)34-25-22(15)23(19-9-7-18(8-10-19)6-5-11-26)27-20(14-21(33)30(4)12-13-32)24-29-28-17(3)31(24)25/h7-10,20,32H,11-14,26H2,1-4H3/t20-/m0/s1. The van der Waals surface area contributed by atoms with Gasteiger partial charge in [-0.15, -0.1) is 21.5 Å². The molecule has 0 saturated carbocycles. The number of aromatic nitrogens is 3. The number of hydrogen-bond acceptors (Lipinski definition) is 7. The Bertz CT molecular complexity index is 1310. The van der Waals surface area contributed by atoms with Gasteiger partial charge < -0.3 is 15.7 Å². The summed E-state index contributed by atoms with van der Waals surface area (Å²) in [6.07, 6.45) is 0.130. The first-order chi connectivity index (χ1) is 16.3. The Morgan fingerprint density at radius 1 is 1.24 bits per heavy atom. The van der Waals surface area contributed by atoms with Gasteiger partial charge in [0.15, 0.2) is 5.82 Å². The maximum absolute atomic E-state index is 12.9. The lowest BCUT2D eigenvalue weighted by atomic mass is 9.98. The minimum atomic E-state index is -0.513. The molecule has 176 valence electrons. The fourth-order valence-electron chi connectivity index (χ4n) is 3.99. The van der Waals surface area contributed by atoms with Crippen molar-refractivity contribution in [3.8, 4) is 16.8 Å². The third kappa shape index (κ3) is 4.40. The van der Waals surface area contributed by atoms with Gasteiger partial charge >= 0.3 is 0 Å². The number of nitrogens with two attached hydrogens (primary N) is 1. The molecule has 1 atom stereocenters. The number of likely N-dealkylation sites (N-methyl/N-ethyl adjacent to an activating group) is 1. The summed E-state index contributed by atoms with van der Waals surface area (Å²) in [4.78, 5) is 20.8. The average molecular weight is 477 g/mol. The van der Waals surface area contributed by atoms with Crippen molar-refractivity contribution in [1.29, 1.82) is 0 Å². The maximum Gasteiger partial charge on any atom is 0.225 e. The van der Waals surface area contributed by atoms with Gasteiger partial charge in [-0.05, 0) is 38.5 Å². The van der Waals surface area contributed by atoms with Crippen LogP contribution >= 0.6 is 11.3 Å². The third-order valence-corrected chi connectivity index (χ3v) is 7.15. The van der Waals surface area contributed by atoms with Gasteiger partial charge in [-0.3, -0.25) is 14.4 Å². The van der Waals surface area contributed by atoms with Crippen LogP contribution in [0.25, 0.3) is 5.00 Å². The van der Waals surface area contributed by atoms with Gasteiger partial charge in [-0.2, -0.15) is 0 Å². The first-order valence-corrected chi connectivity index (χ1v) is 11.9. The van der Waals surface area contributed by atoms with E-state index in [-0.39, 0.29) is 25.5 Å². The summed E-state index contributed by atoms with van der Waals surface area (Å²) in [5.41, 5.74) is 10.3. The second kappa shape index (κ2) is 9.89. The summed E-state index contributed by atoms with van der Waals surface area (Å²) >= 11 is 1.68. The number of aliphatic hydroxyl groups is 1. The molecule has 1 aliphatic rings. The number of benzene rings is 1. The number of hydrogen-bond donors (Lipinski definition) is 2. The van der Waals surface area contributed by atoms with Crippen molar-refractivity contribution < 1.29 is 9.90 Å². The summed E-state index contributed by atoms with van der Waals surface area (Å²) in [5, 5.41) is 19.0. The van der Waals surface area contributed by atoms with E-state index in [0.717, 1.165) is 38.8 Å². The summed E-state index contributed by atoms with van der Waals surface area (Å²) in [7, 11) is 1.68. The third-order valence-electron chi connectivity index (χ3n) is 5.96. The van der Waals surface area contributed by atoms with Gasteiger partial charge in [0.2, 0.25) is 5.91 Å². The zero-order valence-corrected chi connectivity index (χ0v) is 20.6. The molecule has 9 heteroatoms. The molecule has 1 aliphatic heterocycles. The van der Waals surface area contributed by atoms with Crippen LogP contribution in [0.4, 0.5) is 0 Å². The summed E-state index contributed by atoms with van der Waals surface area (Å²) in [6.45, 7) is 6.60. The smallest absolute Gasteiger partial charge is 0.225 e. The van der Waals surface area contributed by atoms with Gasteiger partial charge in [-0.25, -0.2) is 0 Å². The zero-order valence-electron chi connectivity index (χ0n) is 19.8. The number of carbonyl (C=O) groups is 1. The SMILES string of the molecule is Cc1sc2c(c1C)C(c1ccc(C#CCN)cc1)=N[C@@H](CC(=O)N(C)CCO)c1nnc(C)n1-2. The number of rotatable bonds is 5. The Labute approximate surface area is 203 Å². The van der Waals surface area contributed by atoms with Crippen LogP contribution < -0.4 is 5.73 Å². The molecule has 3 heterocycles. The molecule has 0 spiro atoms. The van der Waals surface area contributed by atoms with Crippen LogP contribution in [-0.4, -0.2) is 63.1 Å². The predicted molar refractivity (Wildman–Crippen MR) is 134 cm³/mol. The summed E-state index contributed by atoms with van der Waals surface area (Å²) < 4.78 is 2.03. The van der Waals surface area contributed by atoms with Crippen LogP contribution in [0.3, 0.4) is 0 Å². The van der Waals surface area contributed by atoms with Crippen LogP contribution in [0.2, 0.25) is 0 Å². The summed E-state index contributed by atoms with van der Waals surface area (Å²) in [6, 6.07) is 7.41. The highest BCUT2D eigenvalue weighted by Crippen LogP contribution is 2.39. The zero-order chi connectivity index (χ0) is 24.4. The van der Waals surface area contributed by atoms with Gasteiger partial charge in [0, 0.05) is 35.2 Å². The highest BCUT2D eigenvalue weighted by Gasteiger charge is 2.32. The Morgan fingerprint density at radius 2 is 1.97 bits per heavy atom. The van der Waals surface area contributed by atoms with E-state index in [1.54, 1.807) is 18.4 Å². The average Bonchev–Trinajstić information content (AvgIpc) is 3.30. The second-order valence-corrected chi connectivity index (χ2v) is 9.43. The second-order valence-electron chi connectivity index (χ2n) is 8.22. The number of carbonyl (C=O) groups excluding carboxylic acids is 1. The van der Waals surface area contributed by atoms with Crippen molar-refractivity contribution in [3.05, 3.63) is 63.0 Å². The van der Waals surface area contributed by atoms with Crippen molar-refractivity contribution in [3.63, 3.8) is 0 Å². The number of aryl methyl sites for hydroxylation is 2. The molecule has 34 heavy (non-hydrogen) atoms. The van der Waals surface area contributed by atoms with Crippen molar-refractivity contribution in [2.45, 2.75) is 33.2 Å². The normalized spacial score (nSPS) is 14.4. The molecule has 0 saturated heterocycles. The molecule has 0 bridgehead atoms. The number of aliphatic imine (C=N–C) groups is 1. The van der Waals surface area contributed by atoms with E-state index in [4.69, 9.17) is 10.7 Å². The topological polar surface area (TPSA) is 110 Å². The van der Waals surface area contributed by atoms with Crippen LogP contribution in [0.1, 0.15) is 51.2 Å². The lowest BCUT2D eigenvalue weighted by molar-refractivity contribution is -0.130. The van der Waals surface area contributed by atoms with Crippen molar-refractivity contribution in [2.24, 2.45) is 10.7 Å². The lowest BCUT2D eigenvalue weighted by Crippen LogP contribution is -2.30. The first-order valence-electron chi connectivity index (χ1n) is 11.1. The van der Waals surface area contributed by atoms with E-state index in [9.17, 15) is 9.90 Å². The molecule has 0 radical (unpaired) electrons. The van der Waals surface area contributed by atoms with E-state index in [1.807, 2.05) is 35.8 Å². The van der Waals surface area contributed by atoms with Crippen LogP contribution in [-0.2, 0) is 4.79 Å². The fraction of sp³-hybridized carbons (Fsp3) is 0.360. The van der Waals surface area contributed by atoms with E-state index in [2.05, 4.69) is 35.9 Å². The predicted octanol–water partition coefficient (Wildman–Crippen LogP) is 2.30. The molecule has 1 aromatic carbocycles. The Morgan fingerprint density at radius 3 is 2.65 bits per heavy atom. The number of amides is 1. The first kappa shape index (κ1) is 23.8. The maximum atomic E-state index is 12.9. The minimum Gasteiger partial charge on any atom is -0.395 e. The molecule has 4 rings (SSSR count). The molecule has 3 N–H and O–H groups in total. The molecule has 2 aromatic heterocycles. The van der Waals surface area contributed by atoms with Gasteiger partial charge in [0.25, 0.3) is 0 Å². The molecule has 0 unspecified atom stereocenters. The molecule has 0 aliphatic carbocycles. The van der Waals surface area contributed by atoms with Crippen LogP contribution in [0, 0.1) is 32.6 Å². The fourth-order valence-corrected chi connectivity index (χ4v) is 5.20. The Balaban J connectivity index is 1.88. The van der Waals surface area contributed by atoms with Crippen LogP contribution in [0.5, 0.6) is 0 Å². The molecular formula is C25H28N6O2S. The van der Waals surface area contributed by atoms with Gasteiger partial charge in [-0.1, -0.05) is 24.0 Å². The summed E-state index contributed by atoms with van der Waals surface area (Å²) in [5.74, 6) is 7.21. The number of nitrogens with zero attached hydrogens (tertiary/aromatic N) is 5. The molecule has 8 nitrogen and oxygen atoms in total. The Kier molecular flexibility index (Phi) is 6.93. The number of fused-ring (bicyclic) bond motifs is 3. The van der Waals surface area contributed by atoms with Crippen LogP contribution in [0.15, 0.2) is 29.3 Å². The molecule has 3 aromatic rings. The van der Waals surface area contributed by atoms with Crippen molar-refractivity contribution >= 4 is 23.0 Å². The molecular weight excluding hydrogens is 448 g/mol. The Hall–Kier alpha value is -3.32. The van der Waals surface area contributed by atoms with Gasteiger partial charge in [0.05, 0.1) is 25.3 Å².